The van der Waals surface area contributed by atoms with E-state index in [4.69, 9.17) is 9.47 Å². The van der Waals surface area contributed by atoms with Crippen LogP contribution in [-0.2, 0) is 19.1 Å². The lowest BCUT2D eigenvalue weighted by Crippen LogP contribution is -2.28. The fourth-order valence-corrected chi connectivity index (χ4v) is 1.95. The number of carbonyl (C=O) groups excluding carboxylic acids is 2. The van der Waals surface area contributed by atoms with E-state index in [0.717, 1.165) is 25.7 Å². The summed E-state index contributed by atoms with van der Waals surface area (Å²) in [6.45, 7) is 4.03. The van der Waals surface area contributed by atoms with Gasteiger partial charge < -0.3 is 9.47 Å². The molecule has 0 aromatic rings. The van der Waals surface area contributed by atoms with Crippen molar-refractivity contribution < 1.29 is 19.1 Å². The Bertz CT molecular complexity index is 241. The van der Waals surface area contributed by atoms with Crippen LogP contribution in [0.3, 0.4) is 0 Å². The van der Waals surface area contributed by atoms with Gasteiger partial charge in [-0.2, -0.15) is 0 Å². The highest BCUT2D eigenvalue weighted by Gasteiger charge is 2.28. The number of rotatable bonds is 4. The van der Waals surface area contributed by atoms with E-state index in [0.29, 0.717) is 13.0 Å². The molecular formula is C12H20O4. The Labute approximate surface area is 96.3 Å². The second-order valence-electron chi connectivity index (χ2n) is 4.07. The maximum Gasteiger partial charge on any atom is 0.308 e. The number of ether oxygens (including phenoxy) is 2. The van der Waals surface area contributed by atoms with Crippen molar-refractivity contribution >= 4 is 11.9 Å². The van der Waals surface area contributed by atoms with Crippen molar-refractivity contribution in [1.29, 1.82) is 0 Å². The van der Waals surface area contributed by atoms with Gasteiger partial charge in [-0.3, -0.25) is 9.59 Å². The van der Waals surface area contributed by atoms with Crippen molar-refractivity contribution in [2.45, 2.75) is 52.1 Å². The maximum atomic E-state index is 11.5. The molecule has 0 amide bonds. The molecule has 0 radical (unpaired) electrons. The molecule has 1 saturated carbocycles. The number of hydrogen-bond donors (Lipinski definition) is 0. The Balaban J connectivity index is 2.28. The molecule has 0 saturated heterocycles. The quantitative estimate of drug-likeness (QED) is 0.691. The van der Waals surface area contributed by atoms with Crippen molar-refractivity contribution in [2.24, 2.45) is 5.92 Å². The maximum absolute atomic E-state index is 11.5. The van der Waals surface area contributed by atoms with Crippen molar-refractivity contribution in [3.8, 4) is 0 Å². The molecule has 92 valence electrons. The van der Waals surface area contributed by atoms with Crippen LogP contribution in [-0.4, -0.2) is 24.6 Å². The summed E-state index contributed by atoms with van der Waals surface area (Å²) < 4.78 is 10.2. The molecule has 1 rings (SSSR count). The zero-order chi connectivity index (χ0) is 12.0. The van der Waals surface area contributed by atoms with Gasteiger partial charge in [-0.05, 0) is 32.6 Å². The van der Waals surface area contributed by atoms with Crippen molar-refractivity contribution in [2.75, 3.05) is 6.61 Å². The summed E-state index contributed by atoms with van der Waals surface area (Å²) in [5, 5.41) is 0. The molecule has 4 heteroatoms. The molecule has 0 atom stereocenters. The third kappa shape index (κ3) is 3.83. The summed E-state index contributed by atoms with van der Waals surface area (Å²) in [5.74, 6) is -0.265. The van der Waals surface area contributed by atoms with Crippen molar-refractivity contribution in [1.82, 2.24) is 0 Å². The van der Waals surface area contributed by atoms with Gasteiger partial charge in [-0.25, -0.2) is 0 Å². The van der Waals surface area contributed by atoms with Gasteiger partial charge in [0.15, 0.2) is 0 Å². The number of hydrogen-bond acceptors (Lipinski definition) is 4. The van der Waals surface area contributed by atoms with Gasteiger partial charge in [0, 0.05) is 6.42 Å². The van der Waals surface area contributed by atoms with Crippen LogP contribution in [0.2, 0.25) is 0 Å². The van der Waals surface area contributed by atoms with Crippen LogP contribution in [0.15, 0.2) is 0 Å². The van der Waals surface area contributed by atoms with E-state index in [2.05, 4.69) is 0 Å². The van der Waals surface area contributed by atoms with E-state index in [9.17, 15) is 9.59 Å². The molecule has 0 aromatic heterocycles. The van der Waals surface area contributed by atoms with Crippen LogP contribution in [0.4, 0.5) is 0 Å². The minimum Gasteiger partial charge on any atom is -0.466 e. The molecule has 1 aliphatic rings. The summed E-state index contributed by atoms with van der Waals surface area (Å²) in [7, 11) is 0. The molecule has 0 aromatic carbocycles. The second-order valence-corrected chi connectivity index (χ2v) is 4.07. The Morgan fingerprint density at radius 1 is 1.12 bits per heavy atom. The minimum absolute atomic E-state index is 0.00173. The summed E-state index contributed by atoms with van der Waals surface area (Å²) in [6.07, 6.45) is 3.49. The van der Waals surface area contributed by atoms with E-state index in [1.807, 2.05) is 6.92 Å². The first-order chi connectivity index (χ1) is 7.67. The van der Waals surface area contributed by atoms with E-state index in [-0.39, 0.29) is 24.0 Å². The second kappa shape index (κ2) is 6.51. The molecule has 0 bridgehead atoms. The zero-order valence-electron chi connectivity index (χ0n) is 10.0. The fraction of sp³-hybridized carbons (Fsp3) is 0.833. The van der Waals surface area contributed by atoms with Crippen LogP contribution in [0.25, 0.3) is 0 Å². The van der Waals surface area contributed by atoms with Gasteiger partial charge in [0.25, 0.3) is 0 Å². The molecule has 4 nitrogen and oxygen atoms in total. The molecule has 0 unspecified atom stereocenters. The topological polar surface area (TPSA) is 52.6 Å². The summed E-state index contributed by atoms with van der Waals surface area (Å²) in [5.41, 5.74) is 0. The van der Waals surface area contributed by atoms with Crippen molar-refractivity contribution in [3.63, 3.8) is 0 Å². The highest BCUT2D eigenvalue weighted by atomic mass is 16.5. The van der Waals surface area contributed by atoms with Crippen LogP contribution in [0, 0.1) is 5.92 Å². The largest absolute Gasteiger partial charge is 0.466 e. The Morgan fingerprint density at radius 2 is 1.75 bits per heavy atom. The predicted molar refractivity (Wildman–Crippen MR) is 58.8 cm³/mol. The number of esters is 2. The minimum atomic E-state index is -0.153. The van der Waals surface area contributed by atoms with Crippen LogP contribution in [0.1, 0.15) is 46.0 Å². The van der Waals surface area contributed by atoms with Gasteiger partial charge in [0.1, 0.15) is 6.10 Å². The molecule has 16 heavy (non-hydrogen) atoms. The Kier molecular flexibility index (Phi) is 5.29. The highest BCUT2D eigenvalue weighted by Crippen LogP contribution is 2.27. The molecule has 0 spiro atoms. The lowest BCUT2D eigenvalue weighted by Gasteiger charge is -2.26. The summed E-state index contributed by atoms with van der Waals surface area (Å²) >= 11 is 0. The smallest absolute Gasteiger partial charge is 0.308 e. The van der Waals surface area contributed by atoms with Gasteiger partial charge >= 0.3 is 11.9 Å². The standard InChI is InChI=1S/C12H20O4/c1-3-11(13)16-10-7-5-9(6-8-10)12(14)15-4-2/h9-10H,3-8H2,1-2H3. The molecule has 1 fully saturated rings. The summed E-state index contributed by atoms with van der Waals surface area (Å²) in [6, 6.07) is 0. The van der Waals surface area contributed by atoms with Gasteiger partial charge in [-0.15, -0.1) is 0 Å². The Hall–Kier alpha value is -1.06. The average molecular weight is 228 g/mol. The van der Waals surface area contributed by atoms with Gasteiger partial charge in [0.05, 0.1) is 12.5 Å². The van der Waals surface area contributed by atoms with Crippen molar-refractivity contribution in [3.05, 3.63) is 0 Å². The van der Waals surface area contributed by atoms with Crippen LogP contribution in [0.5, 0.6) is 0 Å². The highest BCUT2D eigenvalue weighted by molar-refractivity contribution is 5.72. The molecule has 0 N–H and O–H groups in total. The fourth-order valence-electron chi connectivity index (χ4n) is 1.95. The third-order valence-corrected chi connectivity index (χ3v) is 2.88. The Morgan fingerprint density at radius 3 is 2.25 bits per heavy atom. The first-order valence-electron chi connectivity index (χ1n) is 6.03. The van der Waals surface area contributed by atoms with E-state index >= 15 is 0 Å². The molecule has 0 heterocycles. The van der Waals surface area contributed by atoms with Crippen LogP contribution < -0.4 is 0 Å². The molecular weight excluding hydrogens is 208 g/mol. The monoisotopic (exact) mass is 228 g/mol. The first-order valence-corrected chi connectivity index (χ1v) is 6.03. The van der Waals surface area contributed by atoms with E-state index in [1.165, 1.54) is 0 Å². The van der Waals surface area contributed by atoms with E-state index < -0.39 is 0 Å². The first kappa shape index (κ1) is 13.0. The van der Waals surface area contributed by atoms with Gasteiger partial charge in [-0.1, -0.05) is 6.92 Å². The normalized spacial score (nSPS) is 24.9. The lowest BCUT2D eigenvalue weighted by molar-refractivity contribution is -0.154. The molecule has 0 aliphatic heterocycles. The van der Waals surface area contributed by atoms with Gasteiger partial charge in [0.2, 0.25) is 0 Å². The summed E-state index contributed by atoms with van der Waals surface area (Å²) in [4.78, 5) is 22.5. The predicted octanol–water partition coefficient (Wildman–Crippen LogP) is 2.06. The number of carbonyl (C=O) groups is 2. The van der Waals surface area contributed by atoms with E-state index in [1.54, 1.807) is 6.92 Å². The third-order valence-electron chi connectivity index (χ3n) is 2.88. The zero-order valence-corrected chi connectivity index (χ0v) is 10.0. The average Bonchev–Trinajstić information content (AvgIpc) is 2.30. The molecule has 1 aliphatic carbocycles. The lowest BCUT2D eigenvalue weighted by atomic mass is 9.87. The SMILES string of the molecule is CCOC(=O)C1CCC(OC(=O)CC)CC1. The van der Waals surface area contributed by atoms with Crippen LogP contribution >= 0.6 is 0 Å².